The van der Waals surface area contributed by atoms with Crippen molar-refractivity contribution in [3.05, 3.63) is 23.9 Å². The lowest BCUT2D eigenvalue weighted by Crippen LogP contribution is -2.37. The first kappa shape index (κ1) is 17.0. The van der Waals surface area contributed by atoms with Gasteiger partial charge in [0.15, 0.2) is 5.96 Å². The Balaban J connectivity index is 1.47. The van der Waals surface area contributed by atoms with Crippen LogP contribution in [0.25, 0.3) is 0 Å². The molecule has 0 radical (unpaired) electrons. The van der Waals surface area contributed by atoms with Gasteiger partial charge in [-0.3, -0.25) is 0 Å². The van der Waals surface area contributed by atoms with Crippen molar-refractivity contribution in [1.29, 1.82) is 0 Å². The van der Waals surface area contributed by atoms with Gasteiger partial charge in [-0.15, -0.1) is 0 Å². The molecule has 0 aromatic carbocycles. The molecule has 0 bridgehead atoms. The molecule has 1 atom stereocenters. The molecule has 3 rings (SSSR count). The lowest BCUT2D eigenvalue weighted by atomic mass is 9.98. The van der Waals surface area contributed by atoms with E-state index in [1.165, 1.54) is 19.3 Å². The van der Waals surface area contributed by atoms with Crippen LogP contribution < -0.4 is 15.8 Å². The molecular weight excluding hydrogens is 304 g/mol. The topological polar surface area (TPSA) is 81.8 Å². The Kier molecular flexibility index (Phi) is 6.29. The largest absolute Gasteiger partial charge is 0.474 e. The highest BCUT2D eigenvalue weighted by atomic mass is 16.5. The van der Waals surface area contributed by atoms with Crippen LogP contribution in [0.4, 0.5) is 0 Å². The molecule has 0 spiro atoms. The summed E-state index contributed by atoms with van der Waals surface area (Å²) in [6.07, 6.45) is 10.6. The predicted octanol–water partition coefficient (Wildman–Crippen LogP) is 2.38. The van der Waals surface area contributed by atoms with E-state index in [9.17, 15) is 0 Å². The average molecular weight is 332 g/mol. The van der Waals surface area contributed by atoms with E-state index in [1.807, 2.05) is 12.1 Å². The molecule has 1 aliphatic carbocycles. The molecule has 2 fully saturated rings. The number of aromatic nitrogens is 1. The van der Waals surface area contributed by atoms with Gasteiger partial charge in [0.05, 0.1) is 12.6 Å². The van der Waals surface area contributed by atoms with E-state index in [0.717, 1.165) is 44.4 Å². The molecular formula is C18H28N4O2. The SMILES string of the molecule is NC(=NCc1ccnc(OC2CCCCC2)c1)NCC1CCCO1. The van der Waals surface area contributed by atoms with E-state index in [2.05, 4.69) is 15.3 Å². The molecule has 1 aromatic rings. The summed E-state index contributed by atoms with van der Waals surface area (Å²) in [6, 6.07) is 3.91. The maximum absolute atomic E-state index is 5.99. The molecule has 24 heavy (non-hydrogen) atoms. The molecule has 2 aliphatic rings. The molecule has 132 valence electrons. The second kappa shape index (κ2) is 8.87. The van der Waals surface area contributed by atoms with Crippen molar-refractivity contribution in [2.75, 3.05) is 13.2 Å². The minimum absolute atomic E-state index is 0.259. The lowest BCUT2D eigenvalue weighted by Gasteiger charge is -2.22. The minimum atomic E-state index is 0.259. The molecule has 1 unspecified atom stereocenters. The van der Waals surface area contributed by atoms with Crippen LogP contribution in [0.3, 0.4) is 0 Å². The summed E-state index contributed by atoms with van der Waals surface area (Å²) in [4.78, 5) is 8.70. The summed E-state index contributed by atoms with van der Waals surface area (Å²) in [5.41, 5.74) is 6.98. The van der Waals surface area contributed by atoms with Crippen LogP contribution in [-0.2, 0) is 11.3 Å². The zero-order valence-corrected chi connectivity index (χ0v) is 14.2. The Labute approximate surface area is 143 Å². The van der Waals surface area contributed by atoms with Gasteiger partial charge in [0.1, 0.15) is 6.10 Å². The second-order valence-corrected chi connectivity index (χ2v) is 6.60. The third-order valence-corrected chi connectivity index (χ3v) is 4.61. The second-order valence-electron chi connectivity index (χ2n) is 6.60. The Bertz CT molecular complexity index is 538. The molecule has 2 heterocycles. The molecule has 6 heteroatoms. The smallest absolute Gasteiger partial charge is 0.213 e. The molecule has 0 amide bonds. The number of hydrogen-bond donors (Lipinski definition) is 2. The van der Waals surface area contributed by atoms with Crippen LogP contribution >= 0.6 is 0 Å². The van der Waals surface area contributed by atoms with Gasteiger partial charge < -0.3 is 20.5 Å². The Hall–Kier alpha value is -1.82. The third-order valence-electron chi connectivity index (χ3n) is 4.61. The van der Waals surface area contributed by atoms with Crippen LogP contribution in [-0.4, -0.2) is 36.3 Å². The molecule has 3 N–H and O–H groups in total. The van der Waals surface area contributed by atoms with E-state index in [1.54, 1.807) is 6.20 Å². The maximum atomic E-state index is 5.99. The van der Waals surface area contributed by atoms with Crippen LogP contribution in [0.1, 0.15) is 50.5 Å². The average Bonchev–Trinajstić information content (AvgIpc) is 3.13. The Morgan fingerprint density at radius 3 is 2.96 bits per heavy atom. The number of hydrogen-bond acceptors (Lipinski definition) is 4. The number of rotatable bonds is 6. The fourth-order valence-electron chi connectivity index (χ4n) is 3.22. The number of nitrogens with two attached hydrogens (primary N) is 1. The summed E-state index contributed by atoms with van der Waals surface area (Å²) < 4.78 is 11.6. The van der Waals surface area contributed by atoms with Gasteiger partial charge in [-0.05, 0) is 50.2 Å². The summed E-state index contributed by atoms with van der Waals surface area (Å²) >= 11 is 0. The van der Waals surface area contributed by atoms with Crippen molar-refractivity contribution in [3.8, 4) is 5.88 Å². The normalized spacial score (nSPS) is 22.5. The highest BCUT2D eigenvalue weighted by Gasteiger charge is 2.16. The monoisotopic (exact) mass is 332 g/mol. The van der Waals surface area contributed by atoms with E-state index in [0.29, 0.717) is 24.5 Å². The van der Waals surface area contributed by atoms with Gasteiger partial charge in [0.25, 0.3) is 0 Å². The van der Waals surface area contributed by atoms with Gasteiger partial charge in [-0.2, -0.15) is 0 Å². The number of guanidine groups is 1. The van der Waals surface area contributed by atoms with Crippen molar-refractivity contribution >= 4 is 5.96 Å². The molecule has 1 saturated heterocycles. The lowest BCUT2D eigenvalue weighted by molar-refractivity contribution is 0.114. The fourth-order valence-corrected chi connectivity index (χ4v) is 3.22. The molecule has 1 aromatic heterocycles. The quantitative estimate of drug-likeness (QED) is 0.617. The first-order valence-corrected chi connectivity index (χ1v) is 9.06. The van der Waals surface area contributed by atoms with E-state index in [-0.39, 0.29) is 6.10 Å². The van der Waals surface area contributed by atoms with Crippen molar-refractivity contribution in [2.45, 2.75) is 63.7 Å². The van der Waals surface area contributed by atoms with Gasteiger partial charge in [-0.1, -0.05) is 6.42 Å². The van der Waals surface area contributed by atoms with Crippen molar-refractivity contribution in [2.24, 2.45) is 10.7 Å². The van der Waals surface area contributed by atoms with Crippen molar-refractivity contribution < 1.29 is 9.47 Å². The molecule has 1 aliphatic heterocycles. The van der Waals surface area contributed by atoms with Gasteiger partial charge in [-0.25, -0.2) is 9.98 Å². The first-order valence-electron chi connectivity index (χ1n) is 9.06. The number of ether oxygens (including phenoxy) is 2. The maximum Gasteiger partial charge on any atom is 0.213 e. The zero-order chi connectivity index (χ0) is 16.6. The van der Waals surface area contributed by atoms with Crippen LogP contribution in [0.5, 0.6) is 5.88 Å². The summed E-state index contributed by atoms with van der Waals surface area (Å²) in [6.45, 7) is 2.10. The summed E-state index contributed by atoms with van der Waals surface area (Å²) in [7, 11) is 0. The van der Waals surface area contributed by atoms with Crippen LogP contribution in [0.2, 0.25) is 0 Å². The Morgan fingerprint density at radius 2 is 2.17 bits per heavy atom. The highest BCUT2D eigenvalue weighted by Crippen LogP contribution is 2.22. The third kappa shape index (κ3) is 5.37. The predicted molar refractivity (Wildman–Crippen MR) is 94.0 cm³/mol. The minimum Gasteiger partial charge on any atom is -0.474 e. The fraction of sp³-hybridized carbons (Fsp3) is 0.667. The highest BCUT2D eigenvalue weighted by molar-refractivity contribution is 5.77. The number of nitrogens with one attached hydrogen (secondary N) is 1. The van der Waals surface area contributed by atoms with Crippen LogP contribution in [0, 0.1) is 0 Å². The number of pyridine rings is 1. The van der Waals surface area contributed by atoms with Crippen LogP contribution in [0.15, 0.2) is 23.3 Å². The number of nitrogens with zero attached hydrogens (tertiary/aromatic N) is 2. The number of aliphatic imine (C=N–C) groups is 1. The standard InChI is InChI=1S/C18H28N4O2/c19-18(22-13-16-7-4-10-23-16)21-12-14-8-9-20-17(11-14)24-15-5-2-1-3-6-15/h8-9,11,15-16H,1-7,10,12-13H2,(H3,19,21,22). The van der Waals surface area contributed by atoms with E-state index in [4.69, 9.17) is 15.2 Å². The zero-order valence-electron chi connectivity index (χ0n) is 14.2. The molecule has 1 saturated carbocycles. The van der Waals surface area contributed by atoms with E-state index < -0.39 is 0 Å². The first-order chi connectivity index (χ1) is 11.8. The van der Waals surface area contributed by atoms with E-state index >= 15 is 0 Å². The summed E-state index contributed by atoms with van der Waals surface area (Å²) in [5.74, 6) is 1.15. The van der Waals surface area contributed by atoms with Gasteiger partial charge in [0, 0.05) is 25.4 Å². The Morgan fingerprint density at radius 1 is 1.29 bits per heavy atom. The summed E-state index contributed by atoms with van der Waals surface area (Å²) in [5, 5.41) is 3.13. The van der Waals surface area contributed by atoms with Gasteiger partial charge in [0.2, 0.25) is 5.88 Å². The van der Waals surface area contributed by atoms with Crippen molar-refractivity contribution in [1.82, 2.24) is 10.3 Å². The van der Waals surface area contributed by atoms with Crippen molar-refractivity contribution in [3.63, 3.8) is 0 Å². The van der Waals surface area contributed by atoms with Gasteiger partial charge >= 0.3 is 0 Å². The molecule has 6 nitrogen and oxygen atoms in total.